The average molecular weight is 330 g/mol. The number of ether oxygens (including phenoxy) is 1. The number of nitrogens with one attached hydrogen (secondary N) is 1. The molecule has 3 N–H and O–H groups in total. The minimum atomic E-state index is -0.259. The minimum absolute atomic E-state index is 0.00425. The number of nitrogens with two attached hydrogens (primary N) is 1. The summed E-state index contributed by atoms with van der Waals surface area (Å²) >= 11 is 0. The second-order valence-corrected chi connectivity index (χ2v) is 5.67. The highest BCUT2D eigenvalue weighted by atomic mass is 19.1. The van der Waals surface area contributed by atoms with E-state index in [0.717, 1.165) is 16.9 Å². The van der Waals surface area contributed by atoms with Crippen LogP contribution < -0.4 is 15.8 Å². The van der Waals surface area contributed by atoms with Crippen molar-refractivity contribution >= 4 is 5.91 Å². The molecule has 2 aromatic rings. The van der Waals surface area contributed by atoms with Gasteiger partial charge in [0.15, 0.2) is 0 Å². The Balaban J connectivity index is 1.85. The third-order valence-electron chi connectivity index (χ3n) is 3.68. The molecule has 1 amide bonds. The van der Waals surface area contributed by atoms with Gasteiger partial charge in [0.1, 0.15) is 18.2 Å². The van der Waals surface area contributed by atoms with Crippen molar-refractivity contribution in [2.45, 2.75) is 32.4 Å². The van der Waals surface area contributed by atoms with Crippen LogP contribution in [0.25, 0.3) is 0 Å². The summed E-state index contributed by atoms with van der Waals surface area (Å²) in [7, 11) is 0. The molecule has 0 saturated heterocycles. The van der Waals surface area contributed by atoms with Crippen LogP contribution in [0.15, 0.2) is 48.5 Å². The molecule has 2 aromatic carbocycles. The molecular weight excluding hydrogens is 307 g/mol. The van der Waals surface area contributed by atoms with Crippen LogP contribution in [-0.4, -0.2) is 12.5 Å². The van der Waals surface area contributed by atoms with E-state index in [0.29, 0.717) is 26.0 Å². The van der Waals surface area contributed by atoms with Gasteiger partial charge in [-0.05, 0) is 55.3 Å². The molecule has 128 valence electrons. The summed E-state index contributed by atoms with van der Waals surface area (Å²) < 4.78 is 18.5. The number of halogens is 1. The Kier molecular flexibility index (Phi) is 6.75. The second-order valence-electron chi connectivity index (χ2n) is 5.67. The molecule has 0 heterocycles. The van der Waals surface area contributed by atoms with Gasteiger partial charge in [-0.1, -0.05) is 24.3 Å². The first-order valence-electron chi connectivity index (χ1n) is 8.05. The maximum absolute atomic E-state index is 12.9. The smallest absolute Gasteiger partial charge is 0.220 e. The minimum Gasteiger partial charge on any atom is -0.489 e. The van der Waals surface area contributed by atoms with Gasteiger partial charge >= 0.3 is 0 Å². The summed E-state index contributed by atoms with van der Waals surface area (Å²) in [6.07, 6.45) is 1.13. The van der Waals surface area contributed by atoms with Gasteiger partial charge in [0.25, 0.3) is 0 Å². The van der Waals surface area contributed by atoms with Crippen LogP contribution in [0.5, 0.6) is 5.75 Å². The van der Waals surface area contributed by atoms with Crippen molar-refractivity contribution in [2.24, 2.45) is 5.73 Å². The zero-order chi connectivity index (χ0) is 17.4. The van der Waals surface area contributed by atoms with E-state index in [2.05, 4.69) is 5.32 Å². The number of carbonyl (C=O) groups excluding carboxylic acids is 1. The molecule has 0 aliphatic heterocycles. The summed E-state index contributed by atoms with van der Waals surface area (Å²) in [5, 5.41) is 2.94. The predicted octanol–water partition coefficient (Wildman–Crippen LogP) is 3.32. The number of hydrogen-bond acceptors (Lipinski definition) is 3. The van der Waals surface area contributed by atoms with Crippen LogP contribution in [-0.2, 0) is 11.4 Å². The Morgan fingerprint density at radius 3 is 2.46 bits per heavy atom. The first kappa shape index (κ1) is 17.9. The quantitative estimate of drug-likeness (QED) is 0.780. The zero-order valence-electron chi connectivity index (χ0n) is 13.8. The van der Waals surface area contributed by atoms with Crippen LogP contribution >= 0.6 is 0 Å². The topological polar surface area (TPSA) is 64.4 Å². The van der Waals surface area contributed by atoms with Gasteiger partial charge in [-0.3, -0.25) is 4.79 Å². The number of carbonyl (C=O) groups is 1. The maximum atomic E-state index is 12.9. The number of amides is 1. The van der Waals surface area contributed by atoms with Crippen molar-refractivity contribution in [3.05, 3.63) is 65.5 Å². The fraction of sp³-hybridized carbons (Fsp3) is 0.316. The number of rotatable bonds is 8. The molecule has 1 unspecified atom stereocenters. The monoisotopic (exact) mass is 330 g/mol. The van der Waals surface area contributed by atoms with Gasteiger partial charge in [-0.15, -0.1) is 0 Å². The molecule has 0 spiro atoms. The van der Waals surface area contributed by atoms with E-state index >= 15 is 0 Å². The zero-order valence-corrected chi connectivity index (χ0v) is 13.8. The SMILES string of the molecule is CC(NC(=O)CCCN)c1ccc(OCc2ccc(F)cc2)cc1. The molecule has 0 aromatic heterocycles. The molecule has 1 atom stereocenters. The maximum Gasteiger partial charge on any atom is 0.220 e. The lowest BCUT2D eigenvalue weighted by atomic mass is 10.1. The fourth-order valence-electron chi connectivity index (χ4n) is 2.26. The van der Waals surface area contributed by atoms with Gasteiger partial charge in [0, 0.05) is 6.42 Å². The third kappa shape index (κ3) is 5.66. The lowest BCUT2D eigenvalue weighted by Crippen LogP contribution is -2.26. The van der Waals surface area contributed by atoms with Gasteiger partial charge in [0.2, 0.25) is 5.91 Å². The van der Waals surface area contributed by atoms with Crippen molar-refractivity contribution < 1.29 is 13.9 Å². The normalized spacial score (nSPS) is 11.8. The highest BCUT2D eigenvalue weighted by Crippen LogP contribution is 2.19. The number of hydrogen-bond donors (Lipinski definition) is 2. The van der Waals surface area contributed by atoms with Gasteiger partial charge in [-0.2, -0.15) is 0 Å². The van der Waals surface area contributed by atoms with Crippen LogP contribution in [0.2, 0.25) is 0 Å². The highest BCUT2D eigenvalue weighted by Gasteiger charge is 2.09. The van der Waals surface area contributed by atoms with Crippen molar-refractivity contribution in [3.8, 4) is 5.75 Å². The summed E-state index contributed by atoms with van der Waals surface area (Å²) in [5.41, 5.74) is 7.31. The van der Waals surface area contributed by atoms with Gasteiger partial charge in [-0.25, -0.2) is 4.39 Å². The van der Waals surface area contributed by atoms with Gasteiger partial charge < -0.3 is 15.8 Å². The summed E-state index contributed by atoms with van der Waals surface area (Å²) in [6.45, 7) is 2.83. The van der Waals surface area contributed by atoms with Crippen LogP contribution in [0.3, 0.4) is 0 Å². The van der Waals surface area contributed by atoms with Gasteiger partial charge in [0.05, 0.1) is 6.04 Å². The second kappa shape index (κ2) is 9.03. The lowest BCUT2D eigenvalue weighted by molar-refractivity contribution is -0.121. The molecule has 0 aliphatic carbocycles. The molecular formula is C19H23FN2O2. The Labute approximate surface area is 141 Å². The largest absolute Gasteiger partial charge is 0.489 e. The number of benzene rings is 2. The average Bonchev–Trinajstić information content (AvgIpc) is 2.60. The highest BCUT2D eigenvalue weighted by molar-refractivity contribution is 5.76. The van der Waals surface area contributed by atoms with E-state index in [1.807, 2.05) is 31.2 Å². The summed E-state index contributed by atoms with van der Waals surface area (Å²) in [4.78, 5) is 11.7. The van der Waals surface area contributed by atoms with E-state index in [1.165, 1.54) is 12.1 Å². The fourth-order valence-corrected chi connectivity index (χ4v) is 2.26. The Hall–Kier alpha value is -2.40. The van der Waals surface area contributed by atoms with Crippen molar-refractivity contribution in [2.75, 3.05) is 6.54 Å². The van der Waals surface area contributed by atoms with Crippen molar-refractivity contribution in [1.82, 2.24) is 5.32 Å². The lowest BCUT2D eigenvalue weighted by Gasteiger charge is -2.15. The molecule has 24 heavy (non-hydrogen) atoms. The van der Waals surface area contributed by atoms with E-state index in [4.69, 9.17) is 10.5 Å². The molecule has 2 rings (SSSR count). The molecule has 4 nitrogen and oxygen atoms in total. The Morgan fingerprint density at radius 2 is 1.83 bits per heavy atom. The van der Waals surface area contributed by atoms with E-state index in [9.17, 15) is 9.18 Å². The standard InChI is InChI=1S/C19H23FN2O2/c1-14(22-19(23)3-2-12-21)16-6-10-18(11-7-16)24-13-15-4-8-17(20)9-5-15/h4-11,14H,2-3,12-13,21H2,1H3,(H,22,23). The Bertz CT molecular complexity index is 641. The molecule has 0 radical (unpaired) electrons. The molecule has 0 fully saturated rings. The Morgan fingerprint density at radius 1 is 1.17 bits per heavy atom. The van der Waals surface area contributed by atoms with E-state index in [-0.39, 0.29) is 17.8 Å². The molecule has 0 saturated carbocycles. The summed E-state index contributed by atoms with van der Waals surface area (Å²) in [6, 6.07) is 13.7. The van der Waals surface area contributed by atoms with Crippen molar-refractivity contribution in [1.29, 1.82) is 0 Å². The first-order valence-corrected chi connectivity index (χ1v) is 8.05. The first-order chi connectivity index (χ1) is 11.6. The molecule has 0 bridgehead atoms. The van der Waals surface area contributed by atoms with Crippen LogP contribution in [0.1, 0.15) is 36.9 Å². The molecule has 5 heteroatoms. The summed E-state index contributed by atoms with van der Waals surface area (Å²) in [5.74, 6) is 0.472. The van der Waals surface area contributed by atoms with Crippen molar-refractivity contribution in [3.63, 3.8) is 0 Å². The van der Waals surface area contributed by atoms with Crippen LogP contribution in [0, 0.1) is 5.82 Å². The van der Waals surface area contributed by atoms with Crippen LogP contribution in [0.4, 0.5) is 4.39 Å². The third-order valence-corrected chi connectivity index (χ3v) is 3.68. The molecule has 0 aliphatic rings. The van der Waals surface area contributed by atoms with E-state index in [1.54, 1.807) is 12.1 Å². The van der Waals surface area contributed by atoms with E-state index < -0.39 is 0 Å². The predicted molar refractivity (Wildman–Crippen MR) is 92.0 cm³/mol.